The number of nitrogens with zero attached hydrogens (tertiary/aromatic N) is 1. The predicted molar refractivity (Wildman–Crippen MR) is 131 cm³/mol. The van der Waals surface area contributed by atoms with Crippen LogP contribution in [0.4, 0.5) is 0 Å². The number of aryl methyl sites for hydroxylation is 2. The number of carbonyl (C=O) groups is 1. The van der Waals surface area contributed by atoms with Gasteiger partial charge in [-0.15, -0.1) is 0 Å². The van der Waals surface area contributed by atoms with Crippen LogP contribution < -0.4 is 0 Å². The van der Waals surface area contributed by atoms with Gasteiger partial charge in [0.2, 0.25) is 0 Å². The highest BCUT2D eigenvalue weighted by Gasteiger charge is 2.32. The van der Waals surface area contributed by atoms with E-state index in [2.05, 4.69) is 36.3 Å². The topological polar surface area (TPSA) is 99.4 Å². The molecule has 3 atom stereocenters. The van der Waals surface area contributed by atoms with Crippen molar-refractivity contribution < 1.29 is 25.0 Å². The van der Waals surface area contributed by atoms with Crippen LogP contribution in [0, 0.1) is 18.8 Å². The predicted octanol–water partition coefficient (Wildman–Crippen LogP) is 5.19. The van der Waals surface area contributed by atoms with E-state index >= 15 is 0 Å². The number of carbonyl (C=O) groups excluding carboxylic acids is 1. The maximum Gasteiger partial charge on any atom is 0.305 e. The quantitative estimate of drug-likeness (QED) is 0.136. The van der Waals surface area contributed by atoms with E-state index in [1.807, 2.05) is 0 Å². The van der Waals surface area contributed by atoms with Crippen molar-refractivity contribution in [2.75, 3.05) is 13.2 Å². The first-order valence-corrected chi connectivity index (χ1v) is 12.7. The van der Waals surface area contributed by atoms with Gasteiger partial charge in [0.1, 0.15) is 12.7 Å². The van der Waals surface area contributed by atoms with Gasteiger partial charge in [-0.25, -0.2) is 0 Å². The molecule has 0 bridgehead atoms. The minimum absolute atomic E-state index is 0.140. The van der Waals surface area contributed by atoms with Crippen molar-refractivity contribution in [2.45, 2.75) is 96.5 Å². The molecule has 1 saturated carbocycles. The number of aliphatic hydroxyl groups excluding tert-OH is 2. The molecule has 0 spiro atoms. The highest BCUT2D eigenvalue weighted by Crippen LogP contribution is 2.37. The van der Waals surface area contributed by atoms with Crippen LogP contribution in [0.1, 0.15) is 88.2 Å². The highest BCUT2D eigenvalue weighted by atomic mass is 16.5. The van der Waals surface area contributed by atoms with Gasteiger partial charge >= 0.3 is 5.97 Å². The van der Waals surface area contributed by atoms with Crippen LogP contribution in [0.25, 0.3) is 0 Å². The zero-order chi connectivity index (χ0) is 23.9. The second-order valence-corrected chi connectivity index (χ2v) is 9.49. The number of hydrogen-bond acceptors (Lipinski definition) is 6. The molecule has 0 aromatic heterocycles. The van der Waals surface area contributed by atoms with Crippen LogP contribution in [-0.2, 0) is 16.0 Å². The molecule has 33 heavy (non-hydrogen) atoms. The van der Waals surface area contributed by atoms with E-state index in [4.69, 9.17) is 9.84 Å². The zero-order valence-corrected chi connectivity index (χ0v) is 20.3. The summed E-state index contributed by atoms with van der Waals surface area (Å²) in [5, 5.41) is 31.0. The van der Waals surface area contributed by atoms with Gasteiger partial charge in [-0.2, -0.15) is 0 Å². The molecule has 0 amide bonds. The molecule has 1 aliphatic rings. The van der Waals surface area contributed by atoms with Crippen LogP contribution in [0.2, 0.25) is 0 Å². The van der Waals surface area contributed by atoms with Crippen molar-refractivity contribution in [1.29, 1.82) is 0 Å². The summed E-state index contributed by atoms with van der Waals surface area (Å²) in [6.07, 6.45) is 12.4. The van der Waals surface area contributed by atoms with Gasteiger partial charge in [-0.3, -0.25) is 4.79 Å². The normalized spacial score (nSPS) is 20.3. The van der Waals surface area contributed by atoms with Gasteiger partial charge in [0.15, 0.2) is 0 Å². The number of benzene rings is 1. The lowest BCUT2D eigenvalue weighted by molar-refractivity contribution is -0.147. The lowest BCUT2D eigenvalue weighted by Crippen LogP contribution is -2.21. The van der Waals surface area contributed by atoms with E-state index in [0.29, 0.717) is 18.3 Å². The number of oxime groups is 1. The average molecular weight is 462 g/mol. The largest absolute Gasteiger partial charge is 0.463 e. The molecule has 6 heteroatoms. The van der Waals surface area contributed by atoms with Crippen LogP contribution in [-0.4, -0.2) is 46.4 Å². The maximum absolute atomic E-state index is 11.6. The fraction of sp³-hybridized carbons (Fsp3) is 0.704. The van der Waals surface area contributed by atoms with Gasteiger partial charge in [-0.05, 0) is 68.9 Å². The third-order valence-electron chi connectivity index (χ3n) is 6.97. The van der Waals surface area contributed by atoms with E-state index < -0.39 is 12.7 Å². The molecule has 0 heterocycles. The standard InChI is InChI=1S/C27H43NO5/c1-21-11-9-10-13-22(21)12-6-4-7-15-25-23(17-18-26(25)28-32)14-5-2-3-8-16-27(31)33-20-24(30)19-29/h9-11,13,23-25,29-30,32H,2-8,12,14-20H2,1H3/b28-26-/t23-,24?,25+/m0/s1. The fourth-order valence-electron chi connectivity index (χ4n) is 4.95. The SMILES string of the molecule is Cc1ccccc1CCCCC[C@H]1/C(=N\O)CC[C@@H]1CCCCCCC(=O)OCC(O)CO. The van der Waals surface area contributed by atoms with E-state index in [9.17, 15) is 15.1 Å². The van der Waals surface area contributed by atoms with Crippen molar-refractivity contribution in [2.24, 2.45) is 17.0 Å². The second-order valence-electron chi connectivity index (χ2n) is 9.49. The minimum atomic E-state index is -0.992. The first-order valence-electron chi connectivity index (χ1n) is 12.7. The molecule has 1 aromatic carbocycles. The molecule has 6 nitrogen and oxygen atoms in total. The Bertz CT molecular complexity index is 720. The summed E-state index contributed by atoms with van der Waals surface area (Å²) in [6, 6.07) is 8.61. The Kier molecular flexibility index (Phi) is 13.1. The molecule has 1 fully saturated rings. The minimum Gasteiger partial charge on any atom is -0.463 e. The van der Waals surface area contributed by atoms with Gasteiger partial charge in [-0.1, -0.05) is 61.5 Å². The average Bonchev–Trinajstić information content (AvgIpc) is 3.22. The summed E-state index contributed by atoms with van der Waals surface area (Å²) >= 11 is 0. The highest BCUT2D eigenvalue weighted by molar-refractivity contribution is 5.88. The summed E-state index contributed by atoms with van der Waals surface area (Å²) in [4.78, 5) is 11.6. The number of hydrogen-bond donors (Lipinski definition) is 3. The molecule has 1 aromatic rings. The molecule has 2 rings (SSSR count). The van der Waals surface area contributed by atoms with Crippen molar-refractivity contribution in [3.63, 3.8) is 0 Å². The summed E-state index contributed by atoms with van der Waals surface area (Å²) < 4.78 is 4.92. The zero-order valence-electron chi connectivity index (χ0n) is 20.3. The third kappa shape index (κ3) is 10.3. The summed E-state index contributed by atoms with van der Waals surface area (Å²) in [6.45, 7) is 1.64. The van der Waals surface area contributed by atoms with Crippen LogP contribution >= 0.6 is 0 Å². The van der Waals surface area contributed by atoms with Gasteiger partial charge in [0.25, 0.3) is 0 Å². The molecular weight excluding hydrogens is 418 g/mol. The number of esters is 1. The Balaban J connectivity index is 1.59. The fourth-order valence-corrected chi connectivity index (χ4v) is 4.95. The first-order chi connectivity index (χ1) is 16.0. The van der Waals surface area contributed by atoms with Crippen molar-refractivity contribution in [3.05, 3.63) is 35.4 Å². The van der Waals surface area contributed by atoms with Crippen LogP contribution in [0.3, 0.4) is 0 Å². The summed E-state index contributed by atoms with van der Waals surface area (Å²) in [5.41, 5.74) is 3.82. The number of ether oxygens (including phenoxy) is 1. The maximum atomic E-state index is 11.6. The van der Waals surface area contributed by atoms with Gasteiger partial charge in [0.05, 0.1) is 12.3 Å². The Labute approximate surface area is 199 Å². The van der Waals surface area contributed by atoms with Crippen LogP contribution in [0.15, 0.2) is 29.4 Å². The molecular formula is C27H43NO5. The number of unbranched alkanes of at least 4 members (excludes halogenated alkanes) is 5. The van der Waals surface area contributed by atoms with Gasteiger partial charge in [0, 0.05) is 12.3 Å². The molecule has 1 aliphatic carbocycles. The summed E-state index contributed by atoms with van der Waals surface area (Å²) in [5.74, 6) is 0.711. The second kappa shape index (κ2) is 15.8. The molecule has 0 aliphatic heterocycles. The van der Waals surface area contributed by atoms with Crippen molar-refractivity contribution in [1.82, 2.24) is 0 Å². The Morgan fingerprint density at radius 3 is 2.58 bits per heavy atom. The van der Waals surface area contributed by atoms with E-state index in [1.54, 1.807) is 0 Å². The molecule has 0 radical (unpaired) electrons. The number of rotatable bonds is 16. The van der Waals surface area contributed by atoms with E-state index in [0.717, 1.165) is 63.5 Å². The summed E-state index contributed by atoms with van der Waals surface area (Å²) in [7, 11) is 0. The molecule has 186 valence electrons. The van der Waals surface area contributed by atoms with E-state index in [-0.39, 0.29) is 12.6 Å². The molecule has 1 unspecified atom stereocenters. The number of aliphatic hydroxyl groups is 2. The van der Waals surface area contributed by atoms with Crippen molar-refractivity contribution in [3.8, 4) is 0 Å². The Morgan fingerprint density at radius 1 is 1.09 bits per heavy atom. The lowest BCUT2D eigenvalue weighted by atomic mass is 9.86. The first kappa shape index (κ1) is 27.3. The monoisotopic (exact) mass is 461 g/mol. The molecule has 3 N–H and O–H groups in total. The molecule has 0 saturated heterocycles. The third-order valence-corrected chi connectivity index (χ3v) is 6.97. The Morgan fingerprint density at radius 2 is 1.82 bits per heavy atom. The Hall–Kier alpha value is -1.92. The van der Waals surface area contributed by atoms with Crippen molar-refractivity contribution >= 4 is 11.7 Å². The lowest BCUT2D eigenvalue weighted by Gasteiger charge is -2.19. The van der Waals surface area contributed by atoms with Crippen LogP contribution in [0.5, 0.6) is 0 Å². The van der Waals surface area contributed by atoms with Gasteiger partial charge < -0.3 is 20.2 Å². The van der Waals surface area contributed by atoms with E-state index in [1.165, 1.54) is 30.4 Å². The smallest absolute Gasteiger partial charge is 0.305 e.